The van der Waals surface area contributed by atoms with Gasteiger partial charge in [-0.2, -0.15) is 0 Å². The number of benzene rings is 1. The van der Waals surface area contributed by atoms with Crippen molar-refractivity contribution in [3.05, 3.63) is 29.8 Å². The Balaban J connectivity index is 2.83. The normalized spacial score (nSPS) is 9.64. The second-order valence-corrected chi connectivity index (χ2v) is 3.51. The lowest BCUT2D eigenvalue weighted by atomic mass is 10.1. The Bertz CT molecular complexity index is 227. The van der Waals surface area contributed by atoms with Crippen LogP contribution < -0.4 is 4.72 Å². The lowest BCUT2D eigenvalue weighted by molar-refractivity contribution is 1.19. The number of thiol groups is 1. The predicted octanol–water partition coefficient (Wildman–Crippen LogP) is 2.92. The zero-order valence-corrected chi connectivity index (χ0v) is 9.10. The number of halogens is 1. The number of nitrogens with one attached hydrogen (secondary N) is 1. The van der Waals surface area contributed by atoms with E-state index >= 15 is 0 Å². The van der Waals surface area contributed by atoms with E-state index in [1.54, 1.807) is 0 Å². The highest BCUT2D eigenvalue weighted by atomic mass is 127. The number of alkyl halides is 1. The summed E-state index contributed by atoms with van der Waals surface area (Å²) in [5, 5.41) is 0. The molecule has 60 valence electrons. The lowest BCUT2D eigenvalue weighted by Gasteiger charge is -2.05. The van der Waals surface area contributed by atoms with Crippen LogP contribution in [0.3, 0.4) is 0 Å². The van der Waals surface area contributed by atoms with Gasteiger partial charge < -0.3 is 4.72 Å². The van der Waals surface area contributed by atoms with Crippen LogP contribution in [0.2, 0.25) is 0 Å². The van der Waals surface area contributed by atoms with E-state index in [-0.39, 0.29) is 0 Å². The Hall–Kier alpha value is 0.100. The Kier molecular flexibility index (Phi) is 4.07. The monoisotopic (exact) mass is 279 g/mol. The van der Waals surface area contributed by atoms with Crippen molar-refractivity contribution in [2.24, 2.45) is 0 Å². The molecule has 1 nitrogen and oxygen atoms in total. The third-order valence-corrected chi connectivity index (χ3v) is 2.28. The first-order chi connectivity index (χ1) is 5.38. The molecule has 0 saturated carbocycles. The Morgan fingerprint density at radius 1 is 1.36 bits per heavy atom. The topological polar surface area (TPSA) is 12.0 Å². The molecule has 3 heteroatoms. The minimum atomic E-state index is 1.10. The summed E-state index contributed by atoms with van der Waals surface area (Å²) in [5.74, 6) is 0. The average molecular weight is 279 g/mol. The van der Waals surface area contributed by atoms with Crippen molar-refractivity contribution < 1.29 is 0 Å². The summed E-state index contributed by atoms with van der Waals surface area (Å²) >= 11 is 6.39. The van der Waals surface area contributed by atoms with E-state index in [0.29, 0.717) is 0 Å². The van der Waals surface area contributed by atoms with Crippen molar-refractivity contribution in [1.82, 2.24) is 0 Å². The van der Waals surface area contributed by atoms with Crippen LogP contribution in [-0.4, -0.2) is 4.43 Å². The van der Waals surface area contributed by atoms with Crippen LogP contribution in [0.5, 0.6) is 0 Å². The van der Waals surface area contributed by atoms with E-state index < -0.39 is 0 Å². The van der Waals surface area contributed by atoms with E-state index in [9.17, 15) is 0 Å². The van der Waals surface area contributed by atoms with Crippen LogP contribution in [0.15, 0.2) is 24.3 Å². The number of hydrogen-bond donors (Lipinski definition) is 2. The smallest absolute Gasteiger partial charge is 0.0470 e. The highest BCUT2D eigenvalue weighted by Crippen LogP contribution is 2.16. The van der Waals surface area contributed by atoms with Gasteiger partial charge in [-0.3, -0.25) is 0 Å². The molecule has 0 saturated heterocycles. The van der Waals surface area contributed by atoms with Gasteiger partial charge in [0, 0.05) is 10.1 Å². The van der Waals surface area contributed by atoms with Crippen molar-refractivity contribution >= 4 is 41.1 Å². The fourth-order valence-electron chi connectivity index (χ4n) is 0.949. The summed E-state index contributed by atoms with van der Waals surface area (Å²) in [6.45, 7) is 0. The molecular formula is C8H10INS. The maximum absolute atomic E-state index is 4.02. The summed E-state index contributed by atoms with van der Waals surface area (Å²) in [6.07, 6.45) is 1.10. The fourth-order valence-corrected chi connectivity index (χ4v) is 1.75. The van der Waals surface area contributed by atoms with Crippen molar-refractivity contribution in [2.75, 3.05) is 9.15 Å². The Labute approximate surface area is 86.3 Å². The molecule has 0 bridgehead atoms. The lowest BCUT2D eigenvalue weighted by Crippen LogP contribution is -1.91. The zero-order valence-electron chi connectivity index (χ0n) is 6.05. The second-order valence-electron chi connectivity index (χ2n) is 2.21. The van der Waals surface area contributed by atoms with E-state index in [4.69, 9.17) is 0 Å². The van der Waals surface area contributed by atoms with Crippen LogP contribution in [0, 0.1) is 0 Å². The molecular weight excluding hydrogens is 269 g/mol. The third kappa shape index (κ3) is 2.56. The molecule has 0 aromatic heterocycles. The van der Waals surface area contributed by atoms with Crippen LogP contribution in [0.1, 0.15) is 5.56 Å². The summed E-state index contributed by atoms with van der Waals surface area (Å²) in [4.78, 5) is 0. The molecule has 0 radical (unpaired) electrons. The van der Waals surface area contributed by atoms with E-state index in [1.807, 2.05) is 12.1 Å². The molecule has 1 aromatic rings. The second kappa shape index (κ2) is 4.87. The largest absolute Gasteiger partial charge is 0.332 e. The number of rotatable bonds is 3. The van der Waals surface area contributed by atoms with Crippen LogP contribution in [-0.2, 0) is 6.42 Å². The van der Waals surface area contributed by atoms with Gasteiger partial charge in [-0.15, -0.1) is 0 Å². The molecule has 0 aliphatic rings. The van der Waals surface area contributed by atoms with Gasteiger partial charge in [0.05, 0.1) is 0 Å². The number of hydrogen-bond acceptors (Lipinski definition) is 2. The highest BCUT2D eigenvalue weighted by molar-refractivity contribution is 14.1. The van der Waals surface area contributed by atoms with Gasteiger partial charge in [-0.1, -0.05) is 53.6 Å². The molecule has 11 heavy (non-hydrogen) atoms. The van der Waals surface area contributed by atoms with Crippen LogP contribution in [0.25, 0.3) is 0 Å². The van der Waals surface area contributed by atoms with Crippen molar-refractivity contribution in [1.29, 1.82) is 0 Å². The molecule has 1 N–H and O–H groups in total. The standard InChI is InChI=1S/C8H10INS/c9-6-5-7-3-1-2-4-8(7)10-11/h1-4,10-11H,5-6H2. The maximum atomic E-state index is 4.02. The maximum Gasteiger partial charge on any atom is 0.0470 e. The van der Waals surface area contributed by atoms with E-state index in [2.05, 4.69) is 52.3 Å². The molecule has 1 aromatic carbocycles. The first-order valence-corrected chi connectivity index (χ1v) is 5.39. The van der Waals surface area contributed by atoms with Crippen molar-refractivity contribution in [3.63, 3.8) is 0 Å². The molecule has 0 unspecified atom stereocenters. The van der Waals surface area contributed by atoms with Gasteiger partial charge in [-0.05, 0) is 18.1 Å². The zero-order chi connectivity index (χ0) is 8.10. The number of anilines is 1. The SMILES string of the molecule is SNc1ccccc1CCI. The summed E-state index contributed by atoms with van der Waals surface area (Å²) in [5.41, 5.74) is 2.45. The molecule has 0 aliphatic heterocycles. The minimum absolute atomic E-state index is 1.10. The Morgan fingerprint density at radius 2 is 2.09 bits per heavy atom. The van der Waals surface area contributed by atoms with Gasteiger partial charge >= 0.3 is 0 Å². The minimum Gasteiger partial charge on any atom is -0.332 e. The quantitative estimate of drug-likeness (QED) is 0.492. The van der Waals surface area contributed by atoms with Gasteiger partial charge in [0.15, 0.2) is 0 Å². The van der Waals surface area contributed by atoms with Crippen LogP contribution >= 0.6 is 35.4 Å². The predicted molar refractivity (Wildman–Crippen MR) is 61.6 cm³/mol. The van der Waals surface area contributed by atoms with Crippen LogP contribution in [0.4, 0.5) is 5.69 Å². The van der Waals surface area contributed by atoms with Gasteiger partial charge in [0.1, 0.15) is 0 Å². The van der Waals surface area contributed by atoms with Crippen molar-refractivity contribution in [3.8, 4) is 0 Å². The summed E-state index contributed by atoms with van der Waals surface area (Å²) in [6, 6.07) is 8.22. The molecule has 1 rings (SSSR count). The molecule has 0 aliphatic carbocycles. The highest BCUT2D eigenvalue weighted by Gasteiger charge is 1.96. The molecule has 0 spiro atoms. The fraction of sp³-hybridized carbons (Fsp3) is 0.250. The average Bonchev–Trinajstić information content (AvgIpc) is 2.06. The molecule has 0 heterocycles. The summed E-state index contributed by atoms with van der Waals surface area (Å²) < 4.78 is 4.01. The summed E-state index contributed by atoms with van der Waals surface area (Å²) in [7, 11) is 0. The number of para-hydroxylation sites is 1. The first-order valence-electron chi connectivity index (χ1n) is 3.42. The van der Waals surface area contributed by atoms with Gasteiger partial charge in [0.2, 0.25) is 0 Å². The third-order valence-electron chi connectivity index (χ3n) is 1.50. The number of aryl methyl sites for hydroxylation is 1. The molecule has 0 fully saturated rings. The van der Waals surface area contributed by atoms with Gasteiger partial charge in [0.25, 0.3) is 0 Å². The molecule has 0 atom stereocenters. The first kappa shape index (κ1) is 9.19. The van der Waals surface area contributed by atoms with E-state index in [0.717, 1.165) is 16.5 Å². The Morgan fingerprint density at radius 3 is 2.73 bits per heavy atom. The van der Waals surface area contributed by atoms with Gasteiger partial charge in [-0.25, -0.2) is 0 Å². The molecule has 0 amide bonds. The van der Waals surface area contributed by atoms with Crippen molar-refractivity contribution in [2.45, 2.75) is 6.42 Å². The van der Waals surface area contributed by atoms with E-state index in [1.165, 1.54) is 5.56 Å².